The molecule has 0 aromatic rings. The molecule has 0 heterocycles. The highest BCUT2D eigenvalue weighted by Crippen LogP contribution is 2.43. The van der Waals surface area contributed by atoms with Gasteiger partial charge in [-0.25, -0.2) is 4.57 Å². The summed E-state index contributed by atoms with van der Waals surface area (Å²) in [6, 6.07) is 0. The molecule has 2 unspecified atom stereocenters. The number of phosphoric acid groups is 1. The van der Waals surface area contributed by atoms with E-state index in [1.54, 1.807) is 0 Å². The predicted molar refractivity (Wildman–Crippen MR) is 408 cm³/mol. The van der Waals surface area contributed by atoms with Gasteiger partial charge < -0.3 is 18.9 Å². The molecule has 0 saturated carbocycles. The molecule has 0 amide bonds. The van der Waals surface area contributed by atoms with E-state index in [0.717, 1.165) is 116 Å². The number of carbonyl (C=O) groups excluding carboxylic acids is 2. The molecule has 0 rings (SSSR count). The van der Waals surface area contributed by atoms with Crippen LogP contribution >= 0.6 is 7.82 Å². The molecule has 0 aliphatic heterocycles. The first-order valence-electron chi connectivity index (χ1n) is 38.6. The Morgan fingerprint density at radius 3 is 0.851 bits per heavy atom. The van der Waals surface area contributed by atoms with Crippen molar-refractivity contribution in [3.05, 3.63) is 146 Å². The number of rotatable bonds is 70. The summed E-state index contributed by atoms with van der Waals surface area (Å²) in [6.45, 7) is 4.23. The molecule has 538 valence electrons. The minimum atomic E-state index is -4.40. The van der Waals surface area contributed by atoms with Gasteiger partial charge in [0.2, 0.25) is 0 Å². The summed E-state index contributed by atoms with van der Waals surface area (Å²) in [5, 5.41) is 0. The number of carbonyl (C=O) groups is 2. The summed E-state index contributed by atoms with van der Waals surface area (Å²) in [5.41, 5.74) is 0. The number of allylic oxidation sites excluding steroid dienone is 24. The molecule has 0 aliphatic rings. The largest absolute Gasteiger partial charge is 0.472 e. The summed E-state index contributed by atoms with van der Waals surface area (Å²) in [6.07, 6.45) is 108. The maximum atomic E-state index is 12.9. The first-order valence-corrected chi connectivity index (χ1v) is 40.1. The van der Waals surface area contributed by atoms with Crippen LogP contribution in [-0.2, 0) is 32.7 Å². The van der Waals surface area contributed by atoms with Crippen LogP contribution < -0.4 is 0 Å². The predicted octanol–water partition coefficient (Wildman–Crippen LogP) is 25.7. The van der Waals surface area contributed by atoms with Crippen LogP contribution in [0.15, 0.2) is 146 Å². The Hall–Kier alpha value is -4.11. The Labute approximate surface area is 580 Å². The Morgan fingerprint density at radius 1 is 0.330 bits per heavy atom. The van der Waals surface area contributed by atoms with Crippen LogP contribution in [0.1, 0.15) is 322 Å². The highest BCUT2D eigenvalue weighted by molar-refractivity contribution is 7.47. The number of likely N-dealkylation sites (N-methyl/N-ethyl adjacent to an activating group) is 1. The van der Waals surface area contributed by atoms with Gasteiger partial charge in [0.25, 0.3) is 0 Å². The van der Waals surface area contributed by atoms with Gasteiger partial charge in [0.05, 0.1) is 27.7 Å². The van der Waals surface area contributed by atoms with Gasteiger partial charge in [0.1, 0.15) is 19.8 Å². The summed E-state index contributed by atoms with van der Waals surface area (Å²) >= 11 is 0. The number of esters is 2. The fourth-order valence-electron chi connectivity index (χ4n) is 10.6. The van der Waals surface area contributed by atoms with Crippen molar-refractivity contribution in [2.75, 3.05) is 47.5 Å². The minimum absolute atomic E-state index is 0.0270. The van der Waals surface area contributed by atoms with Crippen LogP contribution in [0.4, 0.5) is 0 Å². The Kier molecular flexibility index (Phi) is 69.9. The van der Waals surface area contributed by atoms with Gasteiger partial charge in [-0.05, 0) is 116 Å². The van der Waals surface area contributed by atoms with Crippen LogP contribution in [0, 0.1) is 0 Å². The maximum Gasteiger partial charge on any atom is 0.472 e. The van der Waals surface area contributed by atoms with Crippen LogP contribution in [-0.4, -0.2) is 74.9 Å². The summed E-state index contributed by atoms with van der Waals surface area (Å²) in [7, 11) is 1.47. The van der Waals surface area contributed by atoms with Crippen LogP contribution in [0.25, 0.3) is 0 Å². The molecule has 0 aromatic carbocycles. The third kappa shape index (κ3) is 76.9. The zero-order valence-electron chi connectivity index (χ0n) is 61.4. The van der Waals surface area contributed by atoms with E-state index in [4.69, 9.17) is 18.5 Å². The molecule has 0 spiro atoms. The molecule has 0 saturated heterocycles. The van der Waals surface area contributed by atoms with E-state index in [1.165, 1.54) is 173 Å². The number of phosphoric ester groups is 1. The normalized spacial score (nSPS) is 13.9. The molecule has 2 atom stereocenters. The quantitative estimate of drug-likeness (QED) is 0.0211. The SMILES string of the molecule is CC/C=C\C/C=C\C/C=C\C/C=C\C/C=C\C/C=C\C/C=C\C/C=C\CCCCCCCCCCCCCCC(=O)OC(COC(=O)CCCCCCCCCCCCCCCCCCCCCC/C=C\C/C=C\C/C=C\C/C=C\CC)COP(=O)(O)OCC[N+](C)(C)C. The van der Waals surface area contributed by atoms with E-state index in [1.807, 2.05) is 21.1 Å². The van der Waals surface area contributed by atoms with Crippen molar-refractivity contribution in [1.82, 2.24) is 0 Å². The van der Waals surface area contributed by atoms with Crippen molar-refractivity contribution in [3.8, 4) is 0 Å². The molecule has 1 N–H and O–H groups in total. The molecular formula is C84H145NO8P+. The number of ether oxygens (including phenoxy) is 2. The van der Waals surface area contributed by atoms with Gasteiger partial charge >= 0.3 is 19.8 Å². The highest BCUT2D eigenvalue weighted by atomic mass is 31.2. The number of unbranched alkanes of at least 4 members (excludes halogenated alkanes) is 32. The third-order valence-electron chi connectivity index (χ3n) is 16.4. The molecule has 9 nitrogen and oxygen atoms in total. The fourth-order valence-corrected chi connectivity index (χ4v) is 11.3. The van der Waals surface area contributed by atoms with Gasteiger partial charge in [-0.3, -0.25) is 18.6 Å². The number of hydrogen-bond acceptors (Lipinski definition) is 7. The average Bonchev–Trinajstić information content (AvgIpc) is 1.56. The third-order valence-corrected chi connectivity index (χ3v) is 17.3. The lowest BCUT2D eigenvalue weighted by Gasteiger charge is -2.24. The van der Waals surface area contributed by atoms with Crippen molar-refractivity contribution in [2.45, 2.75) is 328 Å². The van der Waals surface area contributed by atoms with E-state index in [9.17, 15) is 19.0 Å². The molecule has 0 radical (unpaired) electrons. The number of nitrogens with zero attached hydrogens (tertiary/aromatic N) is 1. The molecule has 94 heavy (non-hydrogen) atoms. The Morgan fingerprint density at radius 2 is 0.574 bits per heavy atom. The molecule has 0 bridgehead atoms. The molecule has 10 heteroatoms. The van der Waals surface area contributed by atoms with Crippen molar-refractivity contribution >= 4 is 19.8 Å². The van der Waals surface area contributed by atoms with E-state index in [2.05, 4.69) is 160 Å². The van der Waals surface area contributed by atoms with Crippen molar-refractivity contribution in [2.24, 2.45) is 0 Å². The lowest BCUT2D eigenvalue weighted by Crippen LogP contribution is -2.37. The zero-order valence-corrected chi connectivity index (χ0v) is 62.3. The van der Waals surface area contributed by atoms with Crippen LogP contribution in [0.5, 0.6) is 0 Å². The van der Waals surface area contributed by atoms with Gasteiger partial charge in [-0.2, -0.15) is 0 Å². The van der Waals surface area contributed by atoms with Crippen LogP contribution in [0.3, 0.4) is 0 Å². The fraction of sp³-hybridized carbons (Fsp3) is 0.690. The van der Waals surface area contributed by atoms with Gasteiger partial charge in [-0.15, -0.1) is 0 Å². The van der Waals surface area contributed by atoms with Crippen molar-refractivity contribution < 1.29 is 42.1 Å². The van der Waals surface area contributed by atoms with E-state index < -0.39 is 26.5 Å². The van der Waals surface area contributed by atoms with E-state index in [-0.39, 0.29) is 32.0 Å². The average molecular weight is 1330 g/mol. The van der Waals surface area contributed by atoms with Crippen molar-refractivity contribution in [3.63, 3.8) is 0 Å². The maximum absolute atomic E-state index is 12.9. The first-order chi connectivity index (χ1) is 46.0. The second kappa shape index (κ2) is 73.1. The Balaban J connectivity index is 4.02. The molecule has 0 fully saturated rings. The zero-order chi connectivity index (χ0) is 68.3. The minimum Gasteiger partial charge on any atom is -0.462 e. The van der Waals surface area contributed by atoms with Crippen LogP contribution in [0.2, 0.25) is 0 Å². The second-order valence-corrected chi connectivity index (χ2v) is 28.1. The molecule has 0 aromatic heterocycles. The van der Waals surface area contributed by atoms with Crippen molar-refractivity contribution in [1.29, 1.82) is 0 Å². The van der Waals surface area contributed by atoms with E-state index >= 15 is 0 Å². The summed E-state index contributed by atoms with van der Waals surface area (Å²) in [4.78, 5) is 36.0. The number of hydrogen-bond donors (Lipinski definition) is 1. The molecule has 0 aliphatic carbocycles. The van der Waals surface area contributed by atoms with Gasteiger partial charge in [0, 0.05) is 12.8 Å². The monoisotopic (exact) mass is 1330 g/mol. The second-order valence-electron chi connectivity index (χ2n) is 26.6. The first kappa shape index (κ1) is 89.9. The standard InChI is InChI=1S/C84H144NO8P/c1-6-8-10-12-14-16-18-20-22-24-26-28-30-32-34-36-38-40-41-42-43-45-47-49-51-53-55-57-59-61-63-65-67-69-71-73-75-77-84(87)93-82(81-92-94(88,89)91-79-78-85(3,4)5)80-90-83(86)76-74-72-70-68-66-64-62-60-58-56-54-52-50-48-46-44-39-37-35-33-31-29-27-25-23-21-19-17-15-13-11-9-7-2/h8-11,14-17,20-23,26-29,32,34,38,40,42-43,47,49,82H,6-7,12-13,18-19,24-25,30-31,33,35-37,39,41,44-46,48,50-81H2,1-5H3/p+1/b10-8-,11-9-,16-14-,17-15-,22-20-,23-21-,28-26-,29-27-,34-32-,40-38-,43-42-,49-47-. The lowest BCUT2D eigenvalue weighted by atomic mass is 10.0. The number of quaternary nitrogens is 1. The topological polar surface area (TPSA) is 108 Å². The highest BCUT2D eigenvalue weighted by Gasteiger charge is 2.27. The van der Waals surface area contributed by atoms with Gasteiger partial charge in [0.15, 0.2) is 6.10 Å². The summed E-state index contributed by atoms with van der Waals surface area (Å²) < 4.78 is 34.8. The Bertz CT molecular complexity index is 2100. The lowest BCUT2D eigenvalue weighted by molar-refractivity contribution is -0.870. The molecular weight excluding hydrogens is 1180 g/mol. The summed E-state index contributed by atoms with van der Waals surface area (Å²) in [5.74, 6) is -0.794. The van der Waals surface area contributed by atoms with E-state index in [0.29, 0.717) is 17.4 Å². The smallest absolute Gasteiger partial charge is 0.462 e. The van der Waals surface area contributed by atoms with Gasteiger partial charge in [-0.1, -0.05) is 339 Å².